The first-order valence-corrected chi connectivity index (χ1v) is 13.8. The quantitative estimate of drug-likeness (QED) is 0.401. The molecule has 108 valence electrons. The fourth-order valence-electron chi connectivity index (χ4n) is 2.51. The van der Waals surface area contributed by atoms with Gasteiger partial charge in [0.05, 0.1) is 12.0 Å². The van der Waals surface area contributed by atoms with Gasteiger partial charge in [-0.15, -0.1) is 11.5 Å². The molecule has 1 rings (SSSR count). The second-order valence-electron chi connectivity index (χ2n) is 6.61. The first kappa shape index (κ1) is 16.7. The molecule has 0 aliphatic heterocycles. The van der Waals surface area contributed by atoms with Crippen LogP contribution in [0.3, 0.4) is 0 Å². The Balaban J connectivity index is 2.75. The monoisotopic (exact) mass is 294 g/mol. The van der Waals surface area contributed by atoms with Crippen LogP contribution in [0.25, 0.3) is 0 Å². The molecule has 0 N–H and O–H groups in total. The summed E-state index contributed by atoms with van der Waals surface area (Å²) in [5, 5.41) is 0. The summed E-state index contributed by atoms with van der Waals surface area (Å²) in [5.74, 6) is 3.82. The lowest BCUT2D eigenvalue weighted by Crippen LogP contribution is -2.41. The van der Waals surface area contributed by atoms with Crippen LogP contribution in [0.1, 0.15) is 27.2 Å². The summed E-state index contributed by atoms with van der Waals surface area (Å²) in [7, 11) is -2.77. The minimum atomic E-state index is -1.50. The molecular weight excluding hydrogens is 264 g/mol. The highest BCUT2D eigenvalue weighted by atomic mass is 28.4. The maximum absolute atomic E-state index is 6.61. The van der Waals surface area contributed by atoms with Crippen molar-refractivity contribution in [2.75, 3.05) is 0 Å². The topological polar surface area (TPSA) is 9.23 Å². The Bertz CT molecular complexity index is 358. The van der Waals surface area contributed by atoms with Gasteiger partial charge >= 0.3 is 0 Å². The second kappa shape index (κ2) is 6.92. The summed E-state index contributed by atoms with van der Waals surface area (Å²) in [6.45, 7) is 13.8. The van der Waals surface area contributed by atoms with Crippen molar-refractivity contribution in [1.29, 1.82) is 0 Å². The van der Waals surface area contributed by atoms with E-state index in [4.69, 9.17) is 4.43 Å². The molecule has 0 saturated heterocycles. The molecular formula is C16H30OSi2. The molecule has 0 heterocycles. The van der Waals surface area contributed by atoms with Gasteiger partial charge in [-0.05, 0) is 24.6 Å². The van der Waals surface area contributed by atoms with E-state index >= 15 is 0 Å². The molecule has 0 unspecified atom stereocenters. The molecule has 0 aromatic heterocycles. The Morgan fingerprint density at radius 1 is 1.11 bits per heavy atom. The van der Waals surface area contributed by atoms with Crippen LogP contribution in [-0.4, -0.2) is 22.5 Å². The summed E-state index contributed by atoms with van der Waals surface area (Å²) in [4.78, 5) is 0. The zero-order chi connectivity index (χ0) is 14.5. The normalized spacial score (nSPS) is 23.3. The Morgan fingerprint density at radius 3 is 2.16 bits per heavy atom. The van der Waals surface area contributed by atoms with Crippen molar-refractivity contribution in [3.8, 4) is 11.5 Å². The van der Waals surface area contributed by atoms with Crippen molar-refractivity contribution in [2.45, 2.75) is 71.1 Å². The van der Waals surface area contributed by atoms with Crippen molar-refractivity contribution >= 4 is 16.4 Å². The Labute approximate surface area is 122 Å². The summed E-state index contributed by atoms with van der Waals surface area (Å²) in [6, 6.07) is 3.68. The molecule has 1 nitrogen and oxygen atoms in total. The van der Waals surface area contributed by atoms with Crippen LogP contribution >= 0.6 is 0 Å². The van der Waals surface area contributed by atoms with E-state index < -0.39 is 16.4 Å². The molecule has 3 heteroatoms. The highest BCUT2D eigenvalue weighted by Gasteiger charge is 2.35. The van der Waals surface area contributed by atoms with E-state index in [1.54, 1.807) is 0 Å². The van der Waals surface area contributed by atoms with Crippen LogP contribution in [0.5, 0.6) is 0 Å². The third-order valence-electron chi connectivity index (χ3n) is 4.06. The van der Waals surface area contributed by atoms with Crippen molar-refractivity contribution in [1.82, 2.24) is 0 Å². The van der Waals surface area contributed by atoms with Gasteiger partial charge in [0.2, 0.25) is 0 Å². The average molecular weight is 295 g/mol. The lowest BCUT2D eigenvalue weighted by molar-refractivity contribution is 0.177. The molecule has 0 saturated carbocycles. The average Bonchev–Trinajstić information content (AvgIpc) is 2.80. The largest absolute Gasteiger partial charge is 0.412 e. The van der Waals surface area contributed by atoms with Crippen LogP contribution in [0.4, 0.5) is 0 Å². The zero-order valence-electron chi connectivity index (χ0n) is 13.5. The summed E-state index contributed by atoms with van der Waals surface area (Å²) in [5.41, 5.74) is 3.51. The van der Waals surface area contributed by atoms with E-state index in [1.165, 1.54) is 18.1 Å². The van der Waals surface area contributed by atoms with Gasteiger partial charge < -0.3 is 4.43 Å². The lowest BCUT2D eigenvalue weighted by atomic mass is 10.1. The van der Waals surface area contributed by atoms with E-state index in [9.17, 15) is 0 Å². The number of hydrogen-bond acceptors (Lipinski definition) is 1. The first-order chi connectivity index (χ1) is 8.86. The van der Waals surface area contributed by atoms with Crippen LogP contribution < -0.4 is 0 Å². The second-order valence-corrected chi connectivity index (χ2v) is 16.1. The van der Waals surface area contributed by atoms with Crippen molar-refractivity contribution in [2.24, 2.45) is 5.92 Å². The molecule has 0 spiro atoms. The smallest absolute Gasteiger partial charge is 0.192 e. The summed E-state index contributed by atoms with van der Waals surface area (Å²) < 4.78 is 6.61. The molecule has 1 aliphatic carbocycles. The molecule has 0 amide bonds. The van der Waals surface area contributed by atoms with E-state index in [-0.39, 0.29) is 0 Å². The number of hydrogen-bond donors (Lipinski definition) is 0. The third-order valence-corrected chi connectivity index (χ3v) is 9.62. The zero-order valence-corrected chi connectivity index (χ0v) is 15.5. The van der Waals surface area contributed by atoms with Gasteiger partial charge in [0.15, 0.2) is 8.32 Å². The van der Waals surface area contributed by atoms with Crippen LogP contribution in [0.15, 0.2) is 12.2 Å². The van der Waals surface area contributed by atoms with Crippen LogP contribution in [0, 0.1) is 17.4 Å². The van der Waals surface area contributed by atoms with Crippen molar-refractivity contribution in [3.63, 3.8) is 0 Å². The Kier molecular flexibility index (Phi) is 6.10. The molecule has 0 radical (unpaired) electrons. The van der Waals surface area contributed by atoms with Crippen molar-refractivity contribution < 1.29 is 4.43 Å². The Morgan fingerprint density at radius 2 is 1.68 bits per heavy atom. The van der Waals surface area contributed by atoms with E-state index in [0.717, 1.165) is 6.42 Å². The summed E-state index contributed by atoms with van der Waals surface area (Å²) >= 11 is 0. The lowest BCUT2D eigenvalue weighted by Gasteiger charge is -2.33. The highest BCUT2D eigenvalue weighted by molar-refractivity contribution is 6.83. The predicted octanol–water partition coefficient (Wildman–Crippen LogP) is 4.83. The van der Waals surface area contributed by atoms with Gasteiger partial charge in [-0.3, -0.25) is 0 Å². The third kappa shape index (κ3) is 4.94. The van der Waals surface area contributed by atoms with Gasteiger partial charge in [0, 0.05) is 0 Å². The van der Waals surface area contributed by atoms with Crippen LogP contribution in [0.2, 0.25) is 37.8 Å². The van der Waals surface area contributed by atoms with Gasteiger partial charge in [0.25, 0.3) is 0 Å². The summed E-state index contributed by atoms with van der Waals surface area (Å²) in [6.07, 6.45) is 5.90. The predicted molar refractivity (Wildman–Crippen MR) is 90.4 cm³/mol. The van der Waals surface area contributed by atoms with E-state index in [1.807, 2.05) is 0 Å². The molecule has 0 bridgehead atoms. The highest BCUT2D eigenvalue weighted by Crippen LogP contribution is 2.30. The minimum absolute atomic E-state index is 0.329. The first-order valence-electron chi connectivity index (χ1n) is 7.73. The fraction of sp³-hybridized carbons (Fsp3) is 0.750. The standard InChI is InChI=1S/C16H30OSi2/c1-7-19(8-2,9-3)17-16-12-10-11-15(16)13-14-18(4,5)6/h10-11,15-16H,7-9,12H2,1-6H3/t15-,16+/m0/s1. The van der Waals surface area contributed by atoms with Crippen LogP contribution in [-0.2, 0) is 4.43 Å². The molecule has 2 atom stereocenters. The molecule has 0 aromatic rings. The van der Waals surface area contributed by atoms with E-state index in [0.29, 0.717) is 12.0 Å². The maximum atomic E-state index is 6.61. The van der Waals surface area contributed by atoms with Gasteiger partial charge in [-0.25, -0.2) is 0 Å². The fourth-order valence-corrected chi connectivity index (χ4v) is 6.00. The maximum Gasteiger partial charge on any atom is 0.192 e. The molecule has 0 fully saturated rings. The van der Waals surface area contributed by atoms with Gasteiger partial charge in [0.1, 0.15) is 8.07 Å². The van der Waals surface area contributed by atoms with Gasteiger partial charge in [-0.2, -0.15) is 0 Å². The SMILES string of the molecule is CC[Si](CC)(CC)O[C@@H]1CC=C[C@H]1C#C[Si](C)(C)C. The molecule has 1 aliphatic rings. The van der Waals surface area contributed by atoms with Crippen molar-refractivity contribution in [3.05, 3.63) is 12.2 Å². The molecule has 19 heavy (non-hydrogen) atoms. The molecule has 0 aromatic carbocycles. The minimum Gasteiger partial charge on any atom is -0.412 e. The Hall–Kier alpha value is -0.306. The number of rotatable bonds is 5. The van der Waals surface area contributed by atoms with E-state index in [2.05, 4.69) is 64.0 Å². The van der Waals surface area contributed by atoms with Gasteiger partial charge in [-0.1, -0.05) is 52.6 Å².